The molecule has 2 aromatic carbocycles. The summed E-state index contributed by atoms with van der Waals surface area (Å²) in [5.74, 6) is 0.662. The number of pyridine rings is 1. The second-order valence-electron chi connectivity index (χ2n) is 6.89. The van der Waals surface area contributed by atoms with Gasteiger partial charge in [-0.1, -0.05) is 43.1 Å². The number of unbranched alkanes of at least 4 members (excludes halogenated alkanes) is 1. The Labute approximate surface area is 191 Å². The van der Waals surface area contributed by atoms with Gasteiger partial charge in [0, 0.05) is 12.1 Å². The Balaban J connectivity index is 1.54. The minimum atomic E-state index is -0.388. The molecule has 0 atom stereocenters. The molecule has 32 heavy (non-hydrogen) atoms. The molecule has 166 valence electrons. The van der Waals surface area contributed by atoms with E-state index in [0.29, 0.717) is 35.6 Å². The molecule has 0 aliphatic heterocycles. The summed E-state index contributed by atoms with van der Waals surface area (Å²) in [5, 5.41) is 0.380. The van der Waals surface area contributed by atoms with Crippen molar-refractivity contribution in [1.29, 1.82) is 0 Å². The minimum Gasteiger partial charge on any atom is -0.487 e. The number of rotatable bonds is 10. The van der Waals surface area contributed by atoms with Gasteiger partial charge in [0.25, 0.3) is 0 Å². The second kappa shape index (κ2) is 11.9. The molecule has 3 aromatic rings. The normalized spacial score (nSPS) is 10.8. The van der Waals surface area contributed by atoms with E-state index in [1.807, 2.05) is 6.92 Å². The standard InChI is InChI=1S/C25H23ClFNO4/c1-2-3-14-30-25(29)13-7-18-6-11-23(22(26)15-18)32-24-12-10-21(16-28-24)31-17-19-4-8-20(27)9-5-19/h4-13,15-16H,2-3,14,17H2,1H3. The molecule has 1 aromatic heterocycles. The van der Waals surface area contributed by atoms with Gasteiger partial charge in [-0.05, 0) is 54.0 Å². The molecule has 3 rings (SSSR count). The zero-order valence-electron chi connectivity index (χ0n) is 17.6. The third-order valence-electron chi connectivity index (χ3n) is 4.35. The largest absolute Gasteiger partial charge is 0.487 e. The Morgan fingerprint density at radius 1 is 1.12 bits per heavy atom. The molecule has 1 heterocycles. The lowest BCUT2D eigenvalue weighted by atomic mass is 10.2. The summed E-state index contributed by atoms with van der Waals surface area (Å²) in [7, 11) is 0. The third-order valence-corrected chi connectivity index (χ3v) is 4.65. The number of esters is 1. The smallest absolute Gasteiger partial charge is 0.330 e. The second-order valence-corrected chi connectivity index (χ2v) is 7.30. The van der Waals surface area contributed by atoms with E-state index in [4.69, 9.17) is 25.8 Å². The number of hydrogen-bond acceptors (Lipinski definition) is 5. The van der Waals surface area contributed by atoms with Gasteiger partial charge in [-0.15, -0.1) is 0 Å². The zero-order chi connectivity index (χ0) is 22.8. The molecule has 0 N–H and O–H groups in total. The quantitative estimate of drug-likeness (QED) is 0.196. The summed E-state index contributed by atoms with van der Waals surface area (Å²) >= 11 is 6.30. The Morgan fingerprint density at radius 2 is 1.94 bits per heavy atom. The Hall–Kier alpha value is -3.38. The highest BCUT2D eigenvalue weighted by Crippen LogP contribution is 2.30. The van der Waals surface area contributed by atoms with Gasteiger partial charge in [-0.2, -0.15) is 0 Å². The van der Waals surface area contributed by atoms with Crippen LogP contribution in [0.1, 0.15) is 30.9 Å². The molecule has 5 nitrogen and oxygen atoms in total. The Kier molecular flexibility index (Phi) is 8.63. The van der Waals surface area contributed by atoms with Crippen molar-refractivity contribution in [2.24, 2.45) is 0 Å². The molecule has 0 amide bonds. The molecule has 0 fully saturated rings. The number of benzene rings is 2. The maximum absolute atomic E-state index is 13.0. The number of halogens is 2. The summed E-state index contributed by atoms with van der Waals surface area (Å²) in [5.41, 5.74) is 1.59. The van der Waals surface area contributed by atoms with Crippen LogP contribution >= 0.6 is 11.6 Å². The third kappa shape index (κ3) is 7.39. The van der Waals surface area contributed by atoms with E-state index in [-0.39, 0.29) is 11.8 Å². The van der Waals surface area contributed by atoms with Gasteiger partial charge >= 0.3 is 5.97 Å². The first-order chi connectivity index (χ1) is 15.5. The van der Waals surface area contributed by atoms with Crippen molar-refractivity contribution in [2.75, 3.05) is 6.61 Å². The Bertz CT molecular complexity index is 1050. The van der Waals surface area contributed by atoms with Gasteiger partial charge in [0.1, 0.15) is 23.9 Å². The summed E-state index contributed by atoms with van der Waals surface area (Å²) in [6.07, 6.45) is 6.35. The van der Waals surface area contributed by atoms with Crippen molar-refractivity contribution in [2.45, 2.75) is 26.4 Å². The molecular formula is C25H23ClFNO4. The minimum absolute atomic E-state index is 0.287. The van der Waals surface area contributed by atoms with Crippen LogP contribution in [0.3, 0.4) is 0 Å². The van der Waals surface area contributed by atoms with E-state index >= 15 is 0 Å². The van der Waals surface area contributed by atoms with Crippen LogP contribution in [-0.2, 0) is 16.1 Å². The monoisotopic (exact) mass is 455 g/mol. The maximum Gasteiger partial charge on any atom is 0.330 e. The van der Waals surface area contributed by atoms with E-state index < -0.39 is 0 Å². The van der Waals surface area contributed by atoms with E-state index in [9.17, 15) is 9.18 Å². The molecule has 0 bridgehead atoms. The van der Waals surface area contributed by atoms with E-state index in [1.165, 1.54) is 24.4 Å². The lowest BCUT2D eigenvalue weighted by Gasteiger charge is -2.09. The molecule has 7 heteroatoms. The van der Waals surface area contributed by atoms with Gasteiger partial charge in [-0.25, -0.2) is 14.2 Å². The highest BCUT2D eigenvalue weighted by Gasteiger charge is 2.06. The van der Waals surface area contributed by atoms with Crippen LogP contribution in [0.4, 0.5) is 4.39 Å². The van der Waals surface area contributed by atoms with Crippen molar-refractivity contribution in [1.82, 2.24) is 4.98 Å². The molecular weight excluding hydrogens is 433 g/mol. The van der Waals surface area contributed by atoms with E-state index in [1.54, 1.807) is 48.5 Å². The zero-order valence-corrected chi connectivity index (χ0v) is 18.3. The number of ether oxygens (including phenoxy) is 3. The highest BCUT2D eigenvalue weighted by molar-refractivity contribution is 6.32. The molecule has 0 spiro atoms. The lowest BCUT2D eigenvalue weighted by molar-refractivity contribution is -0.137. The first-order valence-electron chi connectivity index (χ1n) is 10.2. The van der Waals surface area contributed by atoms with Crippen molar-refractivity contribution in [3.05, 3.63) is 88.8 Å². The van der Waals surface area contributed by atoms with Crippen LogP contribution in [0.2, 0.25) is 5.02 Å². The molecule has 0 aliphatic rings. The Morgan fingerprint density at radius 3 is 2.62 bits per heavy atom. The van der Waals surface area contributed by atoms with Gasteiger partial charge in [0.05, 0.1) is 17.8 Å². The van der Waals surface area contributed by atoms with Crippen LogP contribution in [0.25, 0.3) is 6.08 Å². The number of carbonyl (C=O) groups is 1. The summed E-state index contributed by atoms with van der Waals surface area (Å²) in [4.78, 5) is 15.9. The van der Waals surface area contributed by atoms with Crippen LogP contribution in [0, 0.1) is 5.82 Å². The molecule has 0 saturated heterocycles. The van der Waals surface area contributed by atoms with Gasteiger partial charge < -0.3 is 14.2 Å². The number of nitrogens with zero attached hydrogens (tertiary/aromatic N) is 1. The first-order valence-corrected chi connectivity index (χ1v) is 10.6. The number of carbonyl (C=O) groups excluding carboxylic acids is 1. The number of aromatic nitrogens is 1. The fraction of sp³-hybridized carbons (Fsp3) is 0.200. The van der Waals surface area contributed by atoms with Crippen molar-refractivity contribution in [3.63, 3.8) is 0 Å². The fourth-order valence-electron chi connectivity index (χ4n) is 2.61. The van der Waals surface area contributed by atoms with Gasteiger partial charge in [0.15, 0.2) is 0 Å². The van der Waals surface area contributed by atoms with Crippen molar-refractivity contribution in [3.8, 4) is 17.4 Å². The topological polar surface area (TPSA) is 57.7 Å². The van der Waals surface area contributed by atoms with Gasteiger partial charge in [0.2, 0.25) is 5.88 Å². The predicted octanol–water partition coefficient (Wildman–Crippen LogP) is 6.60. The van der Waals surface area contributed by atoms with Crippen LogP contribution in [0.15, 0.2) is 66.9 Å². The first kappa shape index (κ1) is 23.3. The molecule has 0 radical (unpaired) electrons. The molecule has 0 unspecified atom stereocenters. The average molecular weight is 456 g/mol. The van der Waals surface area contributed by atoms with Crippen LogP contribution in [0.5, 0.6) is 17.4 Å². The maximum atomic E-state index is 13.0. The summed E-state index contributed by atoms with van der Waals surface area (Å²) in [6.45, 7) is 2.74. The lowest BCUT2D eigenvalue weighted by Crippen LogP contribution is -2.01. The summed E-state index contributed by atoms with van der Waals surface area (Å²) < 4.78 is 29.4. The van der Waals surface area contributed by atoms with E-state index in [2.05, 4.69) is 4.98 Å². The number of hydrogen-bond donors (Lipinski definition) is 0. The average Bonchev–Trinajstić information content (AvgIpc) is 2.80. The van der Waals surface area contributed by atoms with Crippen LogP contribution in [-0.4, -0.2) is 17.6 Å². The van der Waals surface area contributed by atoms with Gasteiger partial charge in [-0.3, -0.25) is 0 Å². The predicted molar refractivity (Wildman–Crippen MR) is 121 cm³/mol. The fourth-order valence-corrected chi connectivity index (χ4v) is 2.83. The van der Waals surface area contributed by atoms with Crippen molar-refractivity contribution < 1.29 is 23.4 Å². The van der Waals surface area contributed by atoms with E-state index in [0.717, 1.165) is 24.0 Å². The molecule has 0 aliphatic carbocycles. The van der Waals surface area contributed by atoms with Crippen LogP contribution < -0.4 is 9.47 Å². The summed E-state index contributed by atoms with van der Waals surface area (Å²) in [6, 6.07) is 14.6. The molecule has 0 saturated carbocycles. The van der Waals surface area contributed by atoms with Crippen molar-refractivity contribution >= 4 is 23.6 Å². The SMILES string of the molecule is CCCCOC(=O)C=Cc1ccc(Oc2ccc(OCc3ccc(F)cc3)cn2)c(Cl)c1. The highest BCUT2D eigenvalue weighted by atomic mass is 35.5.